The van der Waals surface area contributed by atoms with Gasteiger partial charge in [-0.2, -0.15) is 0 Å². The van der Waals surface area contributed by atoms with Gasteiger partial charge in [0.1, 0.15) is 12.4 Å². The smallest absolute Gasteiger partial charge is 0.161 e. The lowest BCUT2D eigenvalue weighted by atomic mass is 9.57. The quantitative estimate of drug-likeness (QED) is 0.153. The van der Waals surface area contributed by atoms with E-state index in [0.29, 0.717) is 56.0 Å². The fourth-order valence-electron chi connectivity index (χ4n) is 10.7. The van der Waals surface area contributed by atoms with E-state index in [0.717, 1.165) is 90.4 Å². The minimum atomic E-state index is -0.549. The SMILES string of the molecule is CC(C)CC[C@H]1CC[C@H]2C[C@H](O)CCc3ccc(O)c(c3)OCc3cc([C@@]45CCOC[C@H]4CCc4ccccc45)cc4cn(cc34)C3=C(CO2)C(=CC(N)N3)C#C[C@@H]1C. The van der Waals surface area contributed by atoms with Crippen molar-refractivity contribution in [3.63, 3.8) is 0 Å². The second kappa shape index (κ2) is 16.9. The first-order valence-electron chi connectivity index (χ1n) is 22.2. The molecule has 9 rings (SSSR count). The summed E-state index contributed by atoms with van der Waals surface area (Å²) < 4.78 is 21.9. The molecule has 5 aliphatic rings. The Kier molecular flexibility index (Phi) is 11.4. The maximum absolute atomic E-state index is 11.5. The zero-order valence-electron chi connectivity index (χ0n) is 35.0. The van der Waals surface area contributed by atoms with Crippen molar-refractivity contribution < 1.29 is 24.4 Å². The first-order valence-corrected chi connectivity index (χ1v) is 22.2. The summed E-state index contributed by atoms with van der Waals surface area (Å²) in [6, 6.07) is 19.3. The number of aliphatic hydroxyl groups is 1. The van der Waals surface area contributed by atoms with E-state index in [2.05, 4.69) is 91.3 Å². The summed E-state index contributed by atoms with van der Waals surface area (Å²) in [7, 11) is 0. The first kappa shape index (κ1) is 39.9. The molecule has 4 aromatic rings. The van der Waals surface area contributed by atoms with Crippen LogP contribution in [-0.4, -0.2) is 53.0 Å². The second-order valence-corrected chi connectivity index (χ2v) is 18.4. The minimum absolute atomic E-state index is 0.105. The minimum Gasteiger partial charge on any atom is -0.504 e. The Morgan fingerprint density at radius 2 is 1.88 bits per heavy atom. The molecule has 8 nitrogen and oxygen atoms in total. The monoisotopic (exact) mass is 795 g/mol. The molecular weight excluding hydrogens is 735 g/mol. The summed E-state index contributed by atoms with van der Waals surface area (Å²) in [5.41, 5.74) is 14.6. The number of fused-ring (bicyclic) bond motifs is 9. The number of aryl methyl sites for hydroxylation is 2. The molecule has 0 saturated carbocycles. The Labute approximate surface area is 349 Å². The molecule has 0 amide bonds. The maximum atomic E-state index is 11.5. The number of nitrogens with two attached hydrogens (primary N) is 1. The lowest BCUT2D eigenvalue weighted by molar-refractivity contribution is 0.00498. The molecule has 1 fully saturated rings. The van der Waals surface area contributed by atoms with Gasteiger partial charge >= 0.3 is 0 Å². The number of hydrogen-bond acceptors (Lipinski definition) is 7. The molecular formula is C51H61N3O5. The molecule has 1 unspecified atom stereocenters. The van der Waals surface area contributed by atoms with Crippen LogP contribution in [0.4, 0.5) is 0 Å². The van der Waals surface area contributed by atoms with Crippen molar-refractivity contribution in [1.29, 1.82) is 0 Å². The third kappa shape index (κ3) is 8.08. The summed E-state index contributed by atoms with van der Waals surface area (Å²) in [6.45, 7) is 8.90. The molecule has 310 valence electrons. The van der Waals surface area contributed by atoms with Crippen LogP contribution in [0.2, 0.25) is 0 Å². The summed E-state index contributed by atoms with van der Waals surface area (Å²) in [6.07, 6.45) is 14.2. The van der Waals surface area contributed by atoms with Crippen LogP contribution in [0, 0.1) is 35.5 Å². The van der Waals surface area contributed by atoms with Gasteiger partial charge in [0.05, 0.1) is 31.6 Å². The number of aromatic nitrogens is 1. The van der Waals surface area contributed by atoms with Gasteiger partial charge in [-0.15, -0.1) is 0 Å². The normalized spacial score (nSPS) is 28.5. The van der Waals surface area contributed by atoms with Gasteiger partial charge in [-0.25, -0.2) is 0 Å². The Hall–Kier alpha value is -4.52. The molecule has 1 aliphatic carbocycles. The zero-order chi connectivity index (χ0) is 40.7. The van der Waals surface area contributed by atoms with E-state index >= 15 is 0 Å². The van der Waals surface area contributed by atoms with Gasteiger partial charge in [0, 0.05) is 52.3 Å². The lowest BCUT2D eigenvalue weighted by Crippen LogP contribution is -2.47. The number of nitrogens with one attached hydrogen (secondary N) is 1. The molecule has 4 aliphatic heterocycles. The number of aliphatic hydroxyl groups excluding tert-OH is 1. The first-order chi connectivity index (χ1) is 28.6. The fourth-order valence-corrected chi connectivity index (χ4v) is 10.7. The third-order valence-electron chi connectivity index (χ3n) is 14.1. The van der Waals surface area contributed by atoms with Crippen LogP contribution in [-0.2, 0) is 34.3 Å². The standard InChI is InChI=1S/C51H61N3O5/c1-32(2)8-12-35-15-18-43-26-42(55)17-10-34-11-19-47(56)48(22-34)59-29-39-24-41(51-20-21-57-30-40(51)16-14-36-6-4-5-7-46(36)51)23-38-27-54(28-44(38)39)50-45(31-58-43)37(13-9-33(35)3)25-49(52)53-50/h4-7,11,19,22-25,27-28,32-33,35,40,42-43,49,53,55-56H,8,10,12,14-18,20-21,26,29-31,52H2,1-3H3/t33-,35-,40+,42+,43-,49?,51+/m0/s1. The van der Waals surface area contributed by atoms with Crippen molar-refractivity contribution in [1.82, 2.24) is 9.88 Å². The summed E-state index contributed by atoms with van der Waals surface area (Å²) in [5, 5.41) is 28.4. The number of phenols is 1. The van der Waals surface area contributed by atoms with Crippen LogP contribution in [0.3, 0.4) is 0 Å². The van der Waals surface area contributed by atoms with Gasteiger partial charge in [-0.3, -0.25) is 0 Å². The molecule has 5 N–H and O–H groups in total. The molecule has 0 spiro atoms. The summed E-state index contributed by atoms with van der Waals surface area (Å²) in [4.78, 5) is 0. The highest BCUT2D eigenvalue weighted by molar-refractivity contribution is 5.88. The maximum Gasteiger partial charge on any atom is 0.161 e. The molecule has 0 radical (unpaired) electrons. The van der Waals surface area contributed by atoms with E-state index in [4.69, 9.17) is 19.9 Å². The van der Waals surface area contributed by atoms with E-state index < -0.39 is 12.3 Å². The van der Waals surface area contributed by atoms with Crippen molar-refractivity contribution >= 4 is 16.6 Å². The molecule has 3 aromatic carbocycles. The van der Waals surface area contributed by atoms with Crippen LogP contribution >= 0.6 is 0 Å². The van der Waals surface area contributed by atoms with Gasteiger partial charge in [0.25, 0.3) is 0 Å². The number of rotatable bonds is 4. The van der Waals surface area contributed by atoms with Crippen molar-refractivity contribution in [3.05, 3.63) is 112 Å². The van der Waals surface area contributed by atoms with Crippen molar-refractivity contribution in [2.24, 2.45) is 29.4 Å². The average molecular weight is 796 g/mol. The van der Waals surface area contributed by atoms with Gasteiger partial charge in [0.15, 0.2) is 11.5 Å². The van der Waals surface area contributed by atoms with E-state index in [-0.39, 0.29) is 29.8 Å². The number of benzene rings is 3. The van der Waals surface area contributed by atoms with Gasteiger partial charge < -0.3 is 40.0 Å². The second-order valence-electron chi connectivity index (χ2n) is 18.4. The average Bonchev–Trinajstić information content (AvgIpc) is 3.67. The predicted molar refractivity (Wildman–Crippen MR) is 234 cm³/mol. The fraction of sp³-hybridized carbons (Fsp3) is 0.490. The molecule has 5 heterocycles. The highest BCUT2D eigenvalue weighted by Crippen LogP contribution is 2.52. The third-order valence-corrected chi connectivity index (χ3v) is 14.1. The summed E-state index contributed by atoms with van der Waals surface area (Å²) >= 11 is 0. The van der Waals surface area contributed by atoms with Crippen LogP contribution < -0.4 is 15.8 Å². The van der Waals surface area contributed by atoms with E-state index in [1.165, 1.54) is 16.7 Å². The zero-order valence-corrected chi connectivity index (χ0v) is 35.0. The molecule has 6 bridgehead atoms. The van der Waals surface area contributed by atoms with Crippen molar-refractivity contribution in [2.45, 2.75) is 115 Å². The Balaban J connectivity index is 1.22. The van der Waals surface area contributed by atoms with Gasteiger partial charge in [-0.05, 0) is 128 Å². The topological polar surface area (TPSA) is 111 Å². The van der Waals surface area contributed by atoms with E-state index in [1.807, 2.05) is 18.2 Å². The van der Waals surface area contributed by atoms with Crippen molar-refractivity contribution in [2.75, 3.05) is 19.8 Å². The van der Waals surface area contributed by atoms with Crippen molar-refractivity contribution in [3.8, 4) is 23.3 Å². The molecule has 8 heteroatoms. The largest absolute Gasteiger partial charge is 0.504 e. The van der Waals surface area contributed by atoms with Crippen LogP contribution in [0.15, 0.2) is 84.2 Å². The van der Waals surface area contributed by atoms with E-state index in [9.17, 15) is 10.2 Å². The highest BCUT2D eigenvalue weighted by atomic mass is 16.5. The molecule has 1 aromatic heterocycles. The molecule has 1 saturated heterocycles. The van der Waals surface area contributed by atoms with Crippen LogP contribution in [0.1, 0.15) is 100.0 Å². The Morgan fingerprint density at radius 1 is 1.00 bits per heavy atom. The number of ether oxygens (including phenoxy) is 3. The van der Waals surface area contributed by atoms with Gasteiger partial charge in [0.2, 0.25) is 0 Å². The van der Waals surface area contributed by atoms with Gasteiger partial charge in [-0.1, -0.05) is 75.4 Å². The Morgan fingerprint density at radius 3 is 2.76 bits per heavy atom. The predicted octanol–water partition coefficient (Wildman–Crippen LogP) is 8.75. The number of hydrogen-bond donors (Lipinski definition) is 4. The lowest BCUT2D eigenvalue weighted by Gasteiger charge is -2.49. The summed E-state index contributed by atoms with van der Waals surface area (Å²) in [5.74, 6) is 10.3. The highest BCUT2D eigenvalue weighted by Gasteiger charge is 2.47. The number of aromatic hydroxyl groups is 1. The Bertz CT molecular complexity index is 2310. The number of phenolic OH excluding ortho intramolecular Hbond substituents is 1. The number of nitrogens with zero attached hydrogens (tertiary/aromatic N) is 1. The van der Waals surface area contributed by atoms with Crippen LogP contribution in [0.25, 0.3) is 16.6 Å². The number of dihydropyridines is 1. The molecule has 59 heavy (non-hydrogen) atoms. The molecule has 7 atom stereocenters. The van der Waals surface area contributed by atoms with Crippen LogP contribution in [0.5, 0.6) is 11.5 Å². The van der Waals surface area contributed by atoms with E-state index in [1.54, 1.807) is 6.07 Å².